The summed E-state index contributed by atoms with van der Waals surface area (Å²) in [5, 5.41) is 0. The van der Waals surface area contributed by atoms with Gasteiger partial charge in [-0.15, -0.1) is 0 Å². The molecule has 0 radical (unpaired) electrons. The maximum absolute atomic E-state index is 5.14. The molecule has 0 amide bonds. The zero-order chi connectivity index (χ0) is 12.8. The van der Waals surface area contributed by atoms with Crippen LogP contribution >= 0.6 is 31.9 Å². The Morgan fingerprint density at radius 1 is 1.12 bits per heavy atom. The molecule has 0 saturated heterocycles. The van der Waals surface area contributed by atoms with E-state index in [1.54, 1.807) is 7.11 Å². The predicted octanol–water partition coefficient (Wildman–Crippen LogP) is 4.32. The number of ether oxygens (including phenoxy) is 1. The third kappa shape index (κ3) is 4.96. The Morgan fingerprint density at radius 3 is 1.94 bits per heavy atom. The fraction of sp³-hybridized carbons (Fsp3) is 0.231. The van der Waals surface area contributed by atoms with Crippen molar-refractivity contribution in [2.75, 3.05) is 25.1 Å². The summed E-state index contributed by atoms with van der Waals surface area (Å²) in [6, 6.07) is 7.92. The number of rotatable bonds is 6. The summed E-state index contributed by atoms with van der Waals surface area (Å²) >= 11 is 6.77. The number of methoxy groups -OCH3 is 1. The molecule has 0 heterocycles. The molecule has 0 aliphatic carbocycles. The van der Waals surface area contributed by atoms with Gasteiger partial charge in [-0.2, -0.15) is 0 Å². The lowest BCUT2D eigenvalue weighted by Gasteiger charge is -2.24. The van der Waals surface area contributed by atoms with Crippen LogP contribution in [-0.4, -0.2) is 20.2 Å². The van der Waals surface area contributed by atoms with Crippen LogP contribution in [-0.2, 0) is 0 Å². The van der Waals surface area contributed by atoms with Crippen molar-refractivity contribution < 1.29 is 4.74 Å². The van der Waals surface area contributed by atoms with Crippen molar-refractivity contribution in [2.45, 2.75) is 0 Å². The molecule has 0 aromatic heterocycles. The molecule has 0 atom stereocenters. The SMILES string of the molecule is C=C(Br)CN(CC(=C)Br)c1ccc(OC)cc1. The minimum atomic E-state index is 0.733. The zero-order valence-electron chi connectivity index (χ0n) is 9.75. The second kappa shape index (κ2) is 6.87. The molecule has 0 spiro atoms. The Bertz CT molecular complexity index is 384. The van der Waals surface area contributed by atoms with Gasteiger partial charge < -0.3 is 9.64 Å². The minimum Gasteiger partial charge on any atom is -0.497 e. The zero-order valence-corrected chi connectivity index (χ0v) is 12.9. The molecule has 0 unspecified atom stereocenters. The molecule has 1 rings (SSSR count). The van der Waals surface area contributed by atoms with Crippen molar-refractivity contribution in [3.05, 3.63) is 46.4 Å². The van der Waals surface area contributed by atoms with Gasteiger partial charge >= 0.3 is 0 Å². The van der Waals surface area contributed by atoms with Crippen LogP contribution < -0.4 is 9.64 Å². The summed E-state index contributed by atoms with van der Waals surface area (Å²) in [4.78, 5) is 2.16. The topological polar surface area (TPSA) is 12.5 Å². The van der Waals surface area contributed by atoms with Crippen molar-refractivity contribution >= 4 is 37.5 Å². The first-order chi connectivity index (χ1) is 8.02. The molecular weight excluding hydrogens is 346 g/mol. The van der Waals surface area contributed by atoms with E-state index in [2.05, 4.69) is 49.9 Å². The molecule has 0 N–H and O–H groups in total. The van der Waals surface area contributed by atoms with Crippen LogP contribution in [0.25, 0.3) is 0 Å². The van der Waals surface area contributed by atoms with E-state index < -0.39 is 0 Å². The van der Waals surface area contributed by atoms with Crippen molar-refractivity contribution in [2.24, 2.45) is 0 Å². The predicted molar refractivity (Wildman–Crippen MR) is 81.3 cm³/mol. The standard InChI is InChI=1S/C13H15Br2NO/c1-10(14)8-16(9-11(2)15)12-4-6-13(17-3)7-5-12/h4-7H,1-2,8-9H2,3H3. The first-order valence-corrected chi connectivity index (χ1v) is 6.67. The highest BCUT2D eigenvalue weighted by molar-refractivity contribution is 9.12. The normalized spacial score (nSPS) is 9.82. The lowest BCUT2D eigenvalue weighted by Crippen LogP contribution is -2.25. The van der Waals surface area contributed by atoms with Gasteiger partial charge in [0.05, 0.1) is 7.11 Å². The molecule has 0 aliphatic rings. The number of nitrogens with zero attached hydrogens (tertiary/aromatic N) is 1. The van der Waals surface area contributed by atoms with Crippen LogP contribution in [0.1, 0.15) is 0 Å². The summed E-state index contributed by atoms with van der Waals surface area (Å²) in [6.45, 7) is 9.20. The Hall–Kier alpha value is -0.740. The molecule has 1 aromatic carbocycles. The van der Waals surface area contributed by atoms with E-state index in [0.29, 0.717) is 0 Å². The van der Waals surface area contributed by atoms with Gasteiger partial charge in [-0.25, -0.2) is 0 Å². The Kier molecular flexibility index (Phi) is 5.78. The Morgan fingerprint density at radius 2 is 1.59 bits per heavy atom. The molecule has 92 valence electrons. The molecule has 0 saturated carbocycles. The van der Waals surface area contributed by atoms with E-state index in [0.717, 1.165) is 33.5 Å². The third-order valence-electron chi connectivity index (χ3n) is 2.16. The molecule has 0 fully saturated rings. The first kappa shape index (κ1) is 14.3. The number of hydrogen-bond donors (Lipinski definition) is 0. The fourth-order valence-corrected chi connectivity index (χ4v) is 2.05. The number of hydrogen-bond acceptors (Lipinski definition) is 2. The maximum Gasteiger partial charge on any atom is 0.119 e. The van der Waals surface area contributed by atoms with E-state index in [1.165, 1.54) is 0 Å². The fourth-order valence-electron chi connectivity index (χ4n) is 1.45. The van der Waals surface area contributed by atoms with Crippen LogP contribution in [0.3, 0.4) is 0 Å². The maximum atomic E-state index is 5.14. The van der Waals surface area contributed by atoms with Gasteiger partial charge in [0.2, 0.25) is 0 Å². The van der Waals surface area contributed by atoms with Crippen molar-refractivity contribution in [1.82, 2.24) is 0 Å². The minimum absolute atomic E-state index is 0.733. The van der Waals surface area contributed by atoms with Crippen molar-refractivity contribution in [1.29, 1.82) is 0 Å². The largest absolute Gasteiger partial charge is 0.497 e. The van der Waals surface area contributed by atoms with Gasteiger partial charge in [0.15, 0.2) is 0 Å². The van der Waals surface area contributed by atoms with Crippen LogP contribution in [0.4, 0.5) is 5.69 Å². The number of halogens is 2. The van der Waals surface area contributed by atoms with Gasteiger partial charge in [0.25, 0.3) is 0 Å². The highest BCUT2D eigenvalue weighted by atomic mass is 79.9. The summed E-state index contributed by atoms with van der Waals surface area (Å²) < 4.78 is 7.00. The van der Waals surface area contributed by atoms with Crippen molar-refractivity contribution in [3.8, 4) is 5.75 Å². The monoisotopic (exact) mass is 359 g/mol. The average Bonchev–Trinajstić information content (AvgIpc) is 2.27. The van der Waals surface area contributed by atoms with Crippen LogP contribution in [0.15, 0.2) is 46.4 Å². The highest BCUT2D eigenvalue weighted by Gasteiger charge is 2.08. The summed E-state index contributed by atoms with van der Waals surface area (Å²) in [5.41, 5.74) is 1.10. The number of benzene rings is 1. The van der Waals surface area contributed by atoms with Crippen LogP contribution in [0.5, 0.6) is 5.75 Å². The van der Waals surface area contributed by atoms with Gasteiger partial charge in [-0.05, 0) is 24.3 Å². The summed E-state index contributed by atoms with van der Waals surface area (Å²) in [7, 11) is 1.66. The van der Waals surface area contributed by atoms with Gasteiger partial charge in [0.1, 0.15) is 5.75 Å². The van der Waals surface area contributed by atoms with Crippen LogP contribution in [0.2, 0.25) is 0 Å². The third-order valence-corrected chi connectivity index (χ3v) is 2.66. The second-order valence-corrected chi connectivity index (χ2v) is 5.83. The molecule has 2 nitrogen and oxygen atoms in total. The Balaban J connectivity index is 2.86. The molecule has 0 bridgehead atoms. The first-order valence-electron chi connectivity index (χ1n) is 5.08. The molecule has 0 aliphatic heterocycles. The molecule has 17 heavy (non-hydrogen) atoms. The lowest BCUT2D eigenvalue weighted by molar-refractivity contribution is 0.415. The quantitative estimate of drug-likeness (QED) is 0.749. The second-order valence-electron chi connectivity index (χ2n) is 3.59. The highest BCUT2D eigenvalue weighted by Crippen LogP contribution is 2.22. The smallest absolute Gasteiger partial charge is 0.119 e. The van der Waals surface area contributed by atoms with Gasteiger partial charge in [-0.1, -0.05) is 45.0 Å². The summed E-state index contributed by atoms with van der Waals surface area (Å²) in [5.74, 6) is 0.851. The van der Waals surface area contributed by atoms with E-state index >= 15 is 0 Å². The van der Waals surface area contributed by atoms with E-state index in [-0.39, 0.29) is 0 Å². The Labute approximate surface area is 119 Å². The summed E-state index contributed by atoms with van der Waals surface area (Å²) in [6.07, 6.45) is 0. The molecule has 1 aromatic rings. The lowest BCUT2D eigenvalue weighted by atomic mass is 10.2. The molecule has 4 heteroatoms. The van der Waals surface area contributed by atoms with Gasteiger partial charge in [-0.3, -0.25) is 0 Å². The van der Waals surface area contributed by atoms with E-state index in [1.807, 2.05) is 24.3 Å². The van der Waals surface area contributed by atoms with Crippen LogP contribution in [0, 0.1) is 0 Å². The number of anilines is 1. The van der Waals surface area contributed by atoms with E-state index in [9.17, 15) is 0 Å². The van der Waals surface area contributed by atoms with E-state index in [4.69, 9.17) is 4.74 Å². The average molecular weight is 361 g/mol. The van der Waals surface area contributed by atoms with Gasteiger partial charge in [0, 0.05) is 27.7 Å². The molecular formula is C13H15Br2NO. The van der Waals surface area contributed by atoms with Crippen molar-refractivity contribution in [3.63, 3.8) is 0 Å².